The normalized spacial score (nSPS) is 16.5. The molecular weight excluding hydrogens is 376 g/mol. The predicted octanol–water partition coefficient (Wildman–Crippen LogP) is 4.04. The molecule has 6 nitrogen and oxygen atoms in total. The van der Waals surface area contributed by atoms with Crippen LogP contribution in [0.2, 0.25) is 0 Å². The number of aromatic nitrogens is 4. The molecule has 0 radical (unpaired) electrons. The molecular formula is C21H23F2N5O. The molecule has 1 aliphatic heterocycles. The zero-order chi connectivity index (χ0) is 20.5. The monoisotopic (exact) mass is 399 g/mol. The van der Waals surface area contributed by atoms with Crippen LogP contribution in [0, 0.1) is 6.92 Å². The molecule has 0 aromatic carbocycles. The Kier molecular flexibility index (Phi) is 5.25. The summed E-state index contributed by atoms with van der Waals surface area (Å²) in [6.45, 7) is 4.62. The Hall–Kier alpha value is -2.90. The summed E-state index contributed by atoms with van der Waals surface area (Å²) in [7, 11) is 0. The van der Waals surface area contributed by atoms with Gasteiger partial charge in [-0.1, -0.05) is 0 Å². The third-order valence-corrected chi connectivity index (χ3v) is 5.62. The second kappa shape index (κ2) is 7.85. The first-order chi connectivity index (χ1) is 13.9. The first-order valence-corrected chi connectivity index (χ1v) is 9.77. The average Bonchev–Trinajstić information content (AvgIpc) is 3.14. The van der Waals surface area contributed by atoms with Gasteiger partial charge in [-0.3, -0.25) is 19.4 Å². The third kappa shape index (κ3) is 3.83. The van der Waals surface area contributed by atoms with Crippen molar-refractivity contribution in [2.75, 3.05) is 13.1 Å². The van der Waals surface area contributed by atoms with Gasteiger partial charge in [0.05, 0.1) is 5.52 Å². The molecule has 29 heavy (non-hydrogen) atoms. The Morgan fingerprint density at radius 3 is 2.66 bits per heavy atom. The van der Waals surface area contributed by atoms with Crippen molar-refractivity contribution in [3.05, 3.63) is 53.7 Å². The van der Waals surface area contributed by atoms with E-state index in [2.05, 4.69) is 15.1 Å². The largest absolute Gasteiger partial charge is 0.341 e. The van der Waals surface area contributed by atoms with Gasteiger partial charge in [0.25, 0.3) is 6.43 Å². The molecule has 1 fully saturated rings. The van der Waals surface area contributed by atoms with Gasteiger partial charge in [-0.05, 0) is 51.0 Å². The zero-order valence-corrected chi connectivity index (χ0v) is 16.4. The van der Waals surface area contributed by atoms with Crippen LogP contribution in [0.25, 0.3) is 10.9 Å². The number of halogens is 2. The number of aryl methyl sites for hydroxylation is 1. The minimum absolute atomic E-state index is 0.0939. The van der Waals surface area contributed by atoms with Gasteiger partial charge < -0.3 is 4.90 Å². The van der Waals surface area contributed by atoms with E-state index < -0.39 is 12.5 Å². The number of piperidine rings is 1. The third-order valence-electron chi connectivity index (χ3n) is 5.62. The SMILES string of the molecule is Cc1cc(C(F)F)nn1C(C)C(=O)N1CCC(c2cc3ncccc3cn2)CC1. The molecule has 4 rings (SSSR count). The van der Waals surface area contributed by atoms with Crippen LogP contribution in [0.1, 0.15) is 55.2 Å². The summed E-state index contributed by atoms with van der Waals surface area (Å²) < 4.78 is 27.2. The van der Waals surface area contributed by atoms with E-state index in [9.17, 15) is 13.6 Å². The maximum absolute atomic E-state index is 12.9. The van der Waals surface area contributed by atoms with Crippen molar-refractivity contribution in [3.63, 3.8) is 0 Å². The second-order valence-electron chi connectivity index (χ2n) is 7.54. The molecule has 152 valence electrons. The highest BCUT2D eigenvalue weighted by atomic mass is 19.3. The lowest BCUT2D eigenvalue weighted by atomic mass is 9.92. The number of amides is 1. The second-order valence-corrected chi connectivity index (χ2v) is 7.54. The van der Waals surface area contributed by atoms with Crippen molar-refractivity contribution in [1.29, 1.82) is 0 Å². The van der Waals surface area contributed by atoms with Crippen LogP contribution in [0.5, 0.6) is 0 Å². The molecule has 0 saturated carbocycles. The van der Waals surface area contributed by atoms with Crippen LogP contribution in [0.4, 0.5) is 8.78 Å². The maximum Gasteiger partial charge on any atom is 0.282 e. The molecule has 8 heteroatoms. The summed E-state index contributed by atoms with van der Waals surface area (Å²) in [4.78, 5) is 23.7. The number of likely N-dealkylation sites (tertiary alicyclic amines) is 1. The average molecular weight is 399 g/mol. The van der Waals surface area contributed by atoms with Gasteiger partial charge in [0, 0.05) is 48.2 Å². The van der Waals surface area contributed by atoms with Gasteiger partial charge in [0.2, 0.25) is 5.91 Å². The first-order valence-electron chi connectivity index (χ1n) is 9.77. The van der Waals surface area contributed by atoms with E-state index in [0.717, 1.165) is 29.4 Å². The summed E-state index contributed by atoms with van der Waals surface area (Å²) in [5, 5.41) is 4.93. The van der Waals surface area contributed by atoms with Crippen molar-refractivity contribution in [1.82, 2.24) is 24.6 Å². The van der Waals surface area contributed by atoms with Gasteiger partial charge in [-0.2, -0.15) is 5.10 Å². The highest BCUT2D eigenvalue weighted by molar-refractivity contribution is 5.80. The van der Waals surface area contributed by atoms with E-state index in [-0.39, 0.29) is 17.5 Å². The highest BCUT2D eigenvalue weighted by Crippen LogP contribution is 2.29. The minimum Gasteiger partial charge on any atom is -0.341 e. The fourth-order valence-corrected chi connectivity index (χ4v) is 3.98. The Labute approximate surface area is 167 Å². The molecule has 0 spiro atoms. The number of nitrogens with zero attached hydrogens (tertiary/aromatic N) is 5. The molecule has 0 N–H and O–H groups in total. The Morgan fingerprint density at radius 2 is 1.97 bits per heavy atom. The summed E-state index contributed by atoms with van der Waals surface area (Å²) in [6.07, 6.45) is 2.59. The van der Waals surface area contributed by atoms with Crippen LogP contribution < -0.4 is 0 Å². The molecule has 1 saturated heterocycles. The number of pyridine rings is 2. The highest BCUT2D eigenvalue weighted by Gasteiger charge is 2.29. The minimum atomic E-state index is -2.64. The van der Waals surface area contributed by atoms with E-state index >= 15 is 0 Å². The summed E-state index contributed by atoms with van der Waals surface area (Å²) in [5.74, 6) is 0.182. The summed E-state index contributed by atoms with van der Waals surface area (Å²) in [5.41, 5.74) is 2.19. The van der Waals surface area contributed by atoms with Crippen LogP contribution in [-0.2, 0) is 4.79 Å². The lowest BCUT2D eigenvalue weighted by molar-refractivity contribution is -0.135. The number of alkyl halides is 2. The van der Waals surface area contributed by atoms with Crippen molar-refractivity contribution >= 4 is 16.8 Å². The number of carbonyl (C=O) groups is 1. The summed E-state index contributed by atoms with van der Waals surface area (Å²) in [6, 6.07) is 6.63. The van der Waals surface area contributed by atoms with Crippen LogP contribution in [0.15, 0.2) is 36.7 Å². The van der Waals surface area contributed by atoms with Crippen LogP contribution in [0.3, 0.4) is 0 Å². The smallest absolute Gasteiger partial charge is 0.282 e. The quantitative estimate of drug-likeness (QED) is 0.664. The van der Waals surface area contributed by atoms with E-state index in [1.165, 1.54) is 10.7 Å². The van der Waals surface area contributed by atoms with Gasteiger partial charge in [-0.15, -0.1) is 0 Å². The van der Waals surface area contributed by atoms with Crippen molar-refractivity contribution in [2.45, 2.75) is 45.1 Å². The molecule has 4 heterocycles. The number of rotatable bonds is 4. The van der Waals surface area contributed by atoms with Crippen molar-refractivity contribution in [3.8, 4) is 0 Å². The fraction of sp³-hybridized carbons (Fsp3) is 0.429. The number of hydrogen-bond acceptors (Lipinski definition) is 4. The molecule has 3 aromatic heterocycles. The van der Waals surface area contributed by atoms with E-state index in [4.69, 9.17) is 0 Å². The van der Waals surface area contributed by atoms with Gasteiger partial charge >= 0.3 is 0 Å². The predicted molar refractivity (Wildman–Crippen MR) is 105 cm³/mol. The molecule has 3 aromatic rings. The Morgan fingerprint density at radius 1 is 1.21 bits per heavy atom. The lowest BCUT2D eigenvalue weighted by Crippen LogP contribution is -2.41. The standard InChI is InChI=1S/C21H23F2N5O/c1-13-10-19(20(22)23)26-28(13)14(2)21(29)27-8-5-15(6-9-27)17-11-18-16(12-25-17)4-3-7-24-18/h3-4,7,10-12,14-15,20H,5-6,8-9H2,1-2H3. The molecule has 1 unspecified atom stereocenters. The molecule has 0 bridgehead atoms. The molecule has 1 amide bonds. The van der Waals surface area contributed by atoms with Crippen LogP contribution in [-0.4, -0.2) is 43.6 Å². The molecule has 0 aliphatic carbocycles. The summed E-state index contributed by atoms with van der Waals surface area (Å²) >= 11 is 0. The van der Waals surface area contributed by atoms with E-state index in [0.29, 0.717) is 18.8 Å². The van der Waals surface area contributed by atoms with Crippen LogP contribution >= 0.6 is 0 Å². The number of hydrogen-bond donors (Lipinski definition) is 0. The Bertz CT molecular complexity index is 1030. The molecule has 1 aliphatic rings. The van der Waals surface area contributed by atoms with Crippen molar-refractivity contribution in [2.24, 2.45) is 0 Å². The van der Waals surface area contributed by atoms with Gasteiger partial charge in [0.1, 0.15) is 11.7 Å². The van der Waals surface area contributed by atoms with Gasteiger partial charge in [0.15, 0.2) is 0 Å². The number of carbonyl (C=O) groups excluding carboxylic acids is 1. The zero-order valence-electron chi connectivity index (χ0n) is 16.4. The van der Waals surface area contributed by atoms with E-state index in [1.54, 1.807) is 24.9 Å². The fourth-order valence-electron chi connectivity index (χ4n) is 3.98. The Balaban J connectivity index is 1.42. The first kappa shape index (κ1) is 19.4. The van der Waals surface area contributed by atoms with E-state index in [1.807, 2.05) is 24.4 Å². The van der Waals surface area contributed by atoms with Gasteiger partial charge in [-0.25, -0.2) is 8.78 Å². The molecule has 1 atom stereocenters. The lowest BCUT2D eigenvalue weighted by Gasteiger charge is -2.33. The maximum atomic E-state index is 12.9. The van der Waals surface area contributed by atoms with Crippen molar-refractivity contribution < 1.29 is 13.6 Å². The number of fused-ring (bicyclic) bond motifs is 1. The topological polar surface area (TPSA) is 63.9 Å².